The molecule has 0 aliphatic heterocycles. The summed E-state index contributed by atoms with van der Waals surface area (Å²) in [5, 5.41) is 7.92. The fourth-order valence-corrected chi connectivity index (χ4v) is 2.70. The molecular weight excluding hydrogens is 328 g/mol. The van der Waals surface area contributed by atoms with Gasteiger partial charge in [-0.3, -0.25) is 19.4 Å². The number of carbonyl (C=O) groups is 1. The van der Waals surface area contributed by atoms with Gasteiger partial charge in [-0.2, -0.15) is 5.10 Å². The Morgan fingerprint density at radius 1 is 1.08 bits per heavy atom. The van der Waals surface area contributed by atoms with E-state index in [1.165, 1.54) is 0 Å². The van der Waals surface area contributed by atoms with Crippen LogP contribution < -0.4 is 5.32 Å². The van der Waals surface area contributed by atoms with Gasteiger partial charge in [-0.05, 0) is 29.8 Å². The molecule has 7 heteroatoms. The van der Waals surface area contributed by atoms with Crippen LogP contribution in [0.3, 0.4) is 0 Å². The van der Waals surface area contributed by atoms with Crippen molar-refractivity contribution in [3.63, 3.8) is 0 Å². The zero-order valence-corrected chi connectivity index (χ0v) is 14.1. The first kappa shape index (κ1) is 15.9. The van der Waals surface area contributed by atoms with E-state index in [-0.39, 0.29) is 12.3 Å². The lowest BCUT2D eigenvalue weighted by Gasteiger charge is -2.06. The summed E-state index contributed by atoms with van der Waals surface area (Å²) in [6.07, 6.45) is 10.8. The second-order valence-electron chi connectivity index (χ2n) is 5.97. The number of anilines is 1. The predicted octanol–water partition coefficient (Wildman–Crippen LogP) is 2.61. The smallest absolute Gasteiger partial charge is 0.229 e. The topological polar surface area (TPSA) is 85.6 Å². The molecule has 26 heavy (non-hydrogen) atoms. The van der Waals surface area contributed by atoms with Gasteiger partial charge in [0, 0.05) is 48.3 Å². The third kappa shape index (κ3) is 3.41. The third-order valence-electron chi connectivity index (χ3n) is 3.99. The zero-order valence-electron chi connectivity index (χ0n) is 14.1. The average molecular weight is 344 g/mol. The molecule has 0 bridgehead atoms. The summed E-state index contributed by atoms with van der Waals surface area (Å²) < 4.78 is 1.75. The summed E-state index contributed by atoms with van der Waals surface area (Å²) >= 11 is 0. The fraction of sp³-hybridized carbons (Fsp3) is 0.105. The largest absolute Gasteiger partial charge is 0.310 e. The van der Waals surface area contributed by atoms with E-state index in [4.69, 9.17) is 0 Å². The Morgan fingerprint density at radius 2 is 1.92 bits per heavy atom. The van der Waals surface area contributed by atoms with Gasteiger partial charge >= 0.3 is 0 Å². The van der Waals surface area contributed by atoms with E-state index >= 15 is 0 Å². The highest BCUT2D eigenvalue weighted by Crippen LogP contribution is 2.23. The zero-order chi connectivity index (χ0) is 17.9. The number of carbonyl (C=O) groups excluding carboxylic acids is 1. The van der Waals surface area contributed by atoms with Crippen molar-refractivity contribution in [1.29, 1.82) is 0 Å². The summed E-state index contributed by atoms with van der Waals surface area (Å²) in [6, 6.07) is 7.47. The molecule has 0 aliphatic carbocycles. The normalized spacial score (nSPS) is 10.8. The lowest BCUT2D eigenvalue weighted by molar-refractivity contribution is -0.115. The Kier molecular flexibility index (Phi) is 4.10. The number of hydrogen-bond acceptors (Lipinski definition) is 5. The molecule has 0 aromatic carbocycles. The molecule has 7 nitrogen and oxygen atoms in total. The highest BCUT2D eigenvalue weighted by Gasteiger charge is 2.08. The Bertz CT molecular complexity index is 1070. The number of rotatable bonds is 4. The van der Waals surface area contributed by atoms with Gasteiger partial charge in [-0.1, -0.05) is 0 Å². The molecule has 0 aliphatic rings. The maximum absolute atomic E-state index is 12.2. The monoisotopic (exact) mass is 344 g/mol. The number of amides is 1. The maximum Gasteiger partial charge on any atom is 0.229 e. The molecule has 0 saturated carbocycles. The summed E-state index contributed by atoms with van der Waals surface area (Å²) in [6.45, 7) is 0. The molecule has 0 unspecified atom stereocenters. The van der Waals surface area contributed by atoms with Crippen LogP contribution in [0.1, 0.15) is 5.56 Å². The van der Waals surface area contributed by atoms with E-state index in [1.807, 2.05) is 37.5 Å². The van der Waals surface area contributed by atoms with Crippen molar-refractivity contribution in [1.82, 2.24) is 24.7 Å². The number of fused-ring (bicyclic) bond motifs is 1. The van der Waals surface area contributed by atoms with E-state index in [1.54, 1.807) is 35.7 Å². The summed E-state index contributed by atoms with van der Waals surface area (Å²) in [5.41, 5.74) is 3.62. The number of pyridine rings is 3. The summed E-state index contributed by atoms with van der Waals surface area (Å²) in [4.78, 5) is 24.9. The quantitative estimate of drug-likeness (QED) is 0.615. The van der Waals surface area contributed by atoms with Crippen LogP contribution in [0.15, 0.2) is 61.4 Å². The van der Waals surface area contributed by atoms with Crippen molar-refractivity contribution in [2.24, 2.45) is 7.05 Å². The molecule has 128 valence electrons. The van der Waals surface area contributed by atoms with Crippen molar-refractivity contribution < 1.29 is 4.79 Å². The first-order valence-electron chi connectivity index (χ1n) is 8.11. The average Bonchev–Trinajstić information content (AvgIpc) is 3.08. The van der Waals surface area contributed by atoms with Gasteiger partial charge in [0.05, 0.1) is 24.3 Å². The molecule has 0 radical (unpaired) electrons. The van der Waals surface area contributed by atoms with Gasteiger partial charge in [0.2, 0.25) is 5.91 Å². The van der Waals surface area contributed by atoms with Crippen LogP contribution in [0.2, 0.25) is 0 Å². The molecule has 4 aromatic heterocycles. The lowest BCUT2D eigenvalue weighted by atomic mass is 10.1. The fourth-order valence-electron chi connectivity index (χ4n) is 2.70. The molecule has 4 rings (SSSR count). The molecule has 0 spiro atoms. The first-order chi connectivity index (χ1) is 12.7. The Hall–Kier alpha value is -3.61. The van der Waals surface area contributed by atoms with Crippen LogP contribution in [-0.4, -0.2) is 30.6 Å². The molecule has 1 amide bonds. The Labute approximate surface area is 149 Å². The number of hydrogen-bond donors (Lipinski definition) is 1. The lowest BCUT2D eigenvalue weighted by Crippen LogP contribution is -2.15. The van der Waals surface area contributed by atoms with Crippen LogP contribution in [0.4, 0.5) is 5.82 Å². The van der Waals surface area contributed by atoms with E-state index in [0.717, 1.165) is 27.6 Å². The third-order valence-corrected chi connectivity index (χ3v) is 3.99. The summed E-state index contributed by atoms with van der Waals surface area (Å²) in [7, 11) is 1.87. The maximum atomic E-state index is 12.2. The first-order valence-corrected chi connectivity index (χ1v) is 8.11. The standard InChI is InChI=1S/C19H16N6O/c1-25-12-16(10-23-25)15-7-14-8-18(22-11-17(14)21-9-15)24-19(26)6-13-2-4-20-5-3-13/h2-5,7-12H,6H2,1H3,(H,22,24,26). The van der Waals surface area contributed by atoms with Gasteiger partial charge < -0.3 is 5.32 Å². The highest BCUT2D eigenvalue weighted by atomic mass is 16.1. The number of nitrogens with one attached hydrogen (secondary N) is 1. The minimum atomic E-state index is -0.126. The molecule has 0 atom stereocenters. The van der Waals surface area contributed by atoms with Crippen molar-refractivity contribution >= 4 is 22.6 Å². The predicted molar refractivity (Wildman–Crippen MR) is 98.3 cm³/mol. The SMILES string of the molecule is Cn1cc(-c2cnc3cnc(NC(=O)Cc4ccncc4)cc3c2)cn1. The van der Waals surface area contributed by atoms with Gasteiger partial charge in [-0.15, -0.1) is 0 Å². The van der Waals surface area contributed by atoms with Gasteiger partial charge in [-0.25, -0.2) is 4.98 Å². The van der Waals surface area contributed by atoms with Crippen molar-refractivity contribution in [2.45, 2.75) is 6.42 Å². The Morgan fingerprint density at radius 3 is 2.69 bits per heavy atom. The van der Waals surface area contributed by atoms with Crippen LogP contribution >= 0.6 is 0 Å². The van der Waals surface area contributed by atoms with Crippen molar-refractivity contribution in [3.05, 3.63) is 67.0 Å². The van der Waals surface area contributed by atoms with Crippen LogP contribution in [-0.2, 0) is 18.3 Å². The molecule has 0 fully saturated rings. The number of nitrogens with zero attached hydrogens (tertiary/aromatic N) is 5. The van der Waals surface area contributed by atoms with Gasteiger partial charge in [0.1, 0.15) is 5.82 Å². The minimum absolute atomic E-state index is 0.126. The second-order valence-corrected chi connectivity index (χ2v) is 5.97. The van der Waals surface area contributed by atoms with Crippen LogP contribution in [0, 0.1) is 0 Å². The number of aromatic nitrogens is 5. The van der Waals surface area contributed by atoms with E-state index < -0.39 is 0 Å². The van der Waals surface area contributed by atoms with Crippen LogP contribution in [0.25, 0.3) is 22.0 Å². The van der Waals surface area contributed by atoms with E-state index in [0.29, 0.717) is 5.82 Å². The minimum Gasteiger partial charge on any atom is -0.310 e. The molecule has 0 saturated heterocycles. The van der Waals surface area contributed by atoms with E-state index in [2.05, 4.69) is 25.4 Å². The molecule has 4 heterocycles. The molecule has 4 aromatic rings. The van der Waals surface area contributed by atoms with Crippen molar-refractivity contribution in [3.8, 4) is 11.1 Å². The number of aryl methyl sites for hydroxylation is 1. The van der Waals surface area contributed by atoms with Crippen molar-refractivity contribution in [2.75, 3.05) is 5.32 Å². The molecular formula is C19H16N6O. The summed E-state index contributed by atoms with van der Waals surface area (Å²) in [5.74, 6) is 0.376. The van der Waals surface area contributed by atoms with Gasteiger partial charge in [0.15, 0.2) is 0 Å². The second kappa shape index (κ2) is 6.72. The highest BCUT2D eigenvalue weighted by molar-refractivity contribution is 5.93. The van der Waals surface area contributed by atoms with E-state index in [9.17, 15) is 4.79 Å². The van der Waals surface area contributed by atoms with Gasteiger partial charge in [0.25, 0.3) is 0 Å². The van der Waals surface area contributed by atoms with Crippen LogP contribution in [0.5, 0.6) is 0 Å². The Balaban J connectivity index is 1.57. The molecule has 1 N–H and O–H groups in total.